The molecule has 1 fully saturated rings. The van der Waals surface area contributed by atoms with Crippen LogP contribution in [-0.4, -0.2) is 37.0 Å². The summed E-state index contributed by atoms with van der Waals surface area (Å²) in [5.74, 6) is 0.233. The Morgan fingerprint density at radius 2 is 2.54 bits per heavy atom. The SMILES string of the molecule is CCC(=O)N1CCNC(=CC[NH3+])C1. The van der Waals surface area contributed by atoms with Crippen LogP contribution in [0.15, 0.2) is 11.8 Å². The Hall–Kier alpha value is -1.03. The standard InChI is InChI=1S/C9H17N3O/c1-2-9(13)12-6-5-11-8(7-12)3-4-10/h3,11H,2,4-7,10H2,1H3/p+1. The molecule has 1 amide bonds. The maximum absolute atomic E-state index is 11.4. The van der Waals surface area contributed by atoms with Crippen molar-refractivity contribution in [3.05, 3.63) is 11.8 Å². The lowest BCUT2D eigenvalue weighted by Crippen LogP contribution is -2.51. The van der Waals surface area contributed by atoms with E-state index in [1.807, 2.05) is 17.9 Å². The van der Waals surface area contributed by atoms with E-state index in [9.17, 15) is 4.79 Å². The summed E-state index contributed by atoms with van der Waals surface area (Å²) >= 11 is 0. The first kappa shape index (κ1) is 10.1. The van der Waals surface area contributed by atoms with Gasteiger partial charge < -0.3 is 16.0 Å². The summed E-state index contributed by atoms with van der Waals surface area (Å²) in [5, 5.41) is 3.26. The molecule has 1 rings (SSSR count). The van der Waals surface area contributed by atoms with Crippen LogP contribution in [0.5, 0.6) is 0 Å². The quantitative estimate of drug-likeness (QED) is 0.575. The van der Waals surface area contributed by atoms with Crippen molar-refractivity contribution >= 4 is 5.91 Å². The van der Waals surface area contributed by atoms with E-state index in [1.54, 1.807) is 0 Å². The lowest BCUT2D eigenvalue weighted by Gasteiger charge is -2.29. The number of amides is 1. The lowest BCUT2D eigenvalue weighted by atomic mass is 10.2. The van der Waals surface area contributed by atoms with Crippen LogP contribution in [0.25, 0.3) is 0 Å². The lowest BCUT2D eigenvalue weighted by molar-refractivity contribution is -0.353. The molecule has 0 unspecified atom stereocenters. The van der Waals surface area contributed by atoms with Gasteiger partial charge in [-0.05, 0) is 6.08 Å². The van der Waals surface area contributed by atoms with Gasteiger partial charge in [0.15, 0.2) is 0 Å². The van der Waals surface area contributed by atoms with Crippen LogP contribution in [0.1, 0.15) is 13.3 Å². The molecule has 0 saturated carbocycles. The summed E-state index contributed by atoms with van der Waals surface area (Å²) in [6, 6.07) is 0. The van der Waals surface area contributed by atoms with Crippen molar-refractivity contribution in [2.75, 3.05) is 26.2 Å². The third kappa shape index (κ3) is 2.73. The number of carbonyl (C=O) groups excluding carboxylic acids is 1. The van der Waals surface area contributed by atoms with Gasteiger partial charge in [-0.25, -0.2) is 0 Å². The Bertz CT molecular complexity index is 213. The van der Waals surface area contributed by atoms with E-state index >= 15 is 0 Å². The van der Waals surface area contributed by atoms with Crippen LogP contribution in [0.3, 0.4) is 0 Å². The van der Waals surface area contributed by atoms with Crippen LogP contribution in [-0.2, 0) is 4.79 Å². The van der Waals surface area contributed by atoms with Crippen molar-refractivity contribution in [1.82, 2.24) is 10.2 Å². The van der Waals surface area contributed by atoms with E-state index in [0.717, 1.165) is 31.9 Å². The van der Waals surface area contributed by atoms with Crippen LogP contribution >= 0.6 is 0 Å². The maximum atomic E-state index is 11.4. The highest BCUT2D eigenvalue weighted by molar-refractivity contribution is 5.76. The van der Waals surface area contributed by atoms with Crippen molar-refractivity contribution in [1.29, 1.82) is 0 Å². The first-order valence-electron chi connectivity index (χ1n) is 4.77. The second-order valence-electron chi connectivity index (χ2n) is 3.11. The summed E-state index contributed by atoms with van der Waals surface area (Å²) in [6.45, 7) is 5.08. The monoisotopic (exact) mass is 184 g/mol. The molecule has 74 valence electrons. The van der Waals surface area contributed by atoms with Crippen molar-refractivity contribution < 1.29 is 10.5 Å². The zero-order chi connectivity index (χ0) is 9.68. The highest BCUT2D eigenvalue weighted by Gasteiger charge is 2.16. The average molecular weight is 184 g/mol. The minimum absolute atomic E-state index is 0.233. The molecule has 4 N–H and O–H groups in total. The molecule has 0 bridgehead atoms. The highest BCUT2D eigenvalue weighted by atomic mass is 16.2. The first-order valence-corrected chi connectivity index (χ1v) is 4.77. The number of nitrogens with zero attached hydrogens (tertiary/aromatic N) is 1. The molecule has 1 aliphatic heterocycles. The molecular formula is C9H18N3O+. The predicted octanol–water partition coefficient (Wildman–Crippen LogP) is -1.05. The van der Waals surface area contributed by atoms with Gasteiger partial charge in [-0.15, -0.1) is 0 Å². The van der Waals surface area contributed by atoms with E-state index in [1.165, 1.54) is 0 Å². The van der Waals surface area contributed by atoms with E-state index in [4.69, 9.17) is 0 Å². The fourth-order valence-electron chi connectivity index (χ4n) is 1.44. The van der Waals surface area contributed by atoms with E-state index in [-0.39, 0.29) is 5.91 Å². The van der Waals surface area contributed by atoms with Gasteiger partial charge in [0.05, 0.1) is 13.1 Å². The average Bonchev–Trinajstić information content (AvgIpc) is 2.18. The molecule has 1 aliphatic rings. The number of quaternary nitrogens is 1. The van der Waals surface area contributed by atoms with Crippen LogP contribution < -0.4 is 11.1 Å². The minimum Gasteiger partial charge on any atom is -0.385 e. The fourth-order valence-corrected chi connectivity index (χ4v) is 1.44. The summed E-state index contributed by atoms with van der Waals surface area (Å²) in [4.78, 5) is 13.3. The summed E-state index contributed by atoms with van der Waals surface area (Å²) in [6.07, 6.45) is 2.63. The van der Waals surface area contributed by atoms with Crippen LogP contribution in [0.2, 0.25) is 0 Å². The van der Waals surface area contributed by atoms with E-state index < -0.39 is 0 Å². The second kappa shape index (κ2) is 4.87. The smallest absolute Gasteiger partial charge is 0.222 e. The minimum atomic E-state index is 0.233. The highest BCUT2D eigenvalue weighted by Crippen LogP contribution is 2.03. The van der Waals surface area contributed by atoms with Gasteiger partial charge >= 0.3 is 0 Å². The van der Waals surface area contributed by atoms with Gasteiger partial charge in [-0.3, -0.25) is 4.79 Å². The van der Waals surface area contributed by atoms with Gasteiger partial charge in [0.2, 0.25) is 5.91 Å². The molecule has 13 heavy (non-hydrogen) atoms. The van der Waals surface area contributed by atoms with Crippen molar-refractivity contribution in [3.8, 4) is 0 Å². The van der Waals surface area contributed by atoms with Crippen LogP contribution in [0.4, 0.5) is 0 Å². The molecule has 4 nitrogen and oxygen atoms in total. The molecule has 0 atom stereocenters. The molecule has 1 heterocycles. The molecule has 1 saturated heterocycles. The van der Waals surface area contributed by atoms with Gasteiger partial charge in [0, 0.05) is 25.2 Å². The number of piperazine rings is 1. The topological polar surface area (TPSA) is 60.0 Å². The Kier molecular flexibility index (Phi) is 3.76. The van der Waals surface area contributed by atoms with Crippen molar-refractivity contribution in [2.45, 2.75) is 13.3 Å². The summed E-state index contributed by atoms with van der Waals surface area (Å²) < 4.78 is 0. The van der Waals surface area contributed by atoms with Gasteiger partial charge in [0.1, 0.15) is 0 Å². The Morgan fingerprint density at radius 1 is 1.77 bits per heavy atom. The predicted molar refractivity (Wildman–Crippen MR) is 50.7 cm³/mol. The van der Waals surface area contributed by atoms with E-state index in [2.05, 4.69) is 11.1 Å². The third-order valence-corrected chi connectivity index (χ3v) is 2.14. The third-order valence-electron chi connectivity index (χ3n) is 2.14. The van der Waals surface area contributed by atoms with Crippen molar-refractivity contribution in [2.24, 2.45) is 0 Å². The summed E-state index contributed by atoms with van der Waals surface area (Å²) in [7, 11) is 0. The largest absolute Gasteiger partial charge is 0.385 e. The maximum Gasteiger partial charge on any atom is 0.222 e. The summed E-state index contributed by atoms with van der Waals surface area (Å²) in [5.41, 5.74) is 4.88. The van der Waals surface area contributed by atoms with Gasteiger partial charge in [-0.1, -0.05) is 6.92 Å². The molecule has 0 aromatic heterocycles. The number of hydrogen-bond donors (Lipinski definition) is 2. The molecule has 0 spiro atoms. The number of carbonyl (C=O) groups is 1. The zero-order valence-electron chi connectivity index (χ0n) is 8.18. The molecule has 4 heteroatoms. The Morgan fingerprint density at radius 3 is 3.15 bits per heavy atom. The van der Waals surface area contributed by atoms with E-state index in [0.29, 0.717) is 6.42 Å². The van der Waals surface area contributed by atoms with Gasteiger partial charge in [-0.2, -0.15) is 0 Å². The second-order valence-corrected chi connectivity index (χ2v) is 3.11. The molecule has 0 aliphatic carbocycles. The molecule has 0 aromatic rings. The van der Waals surface area contributed by atoms with Crippen LogP contribution in [0, 0.1) is 0 Å². The van der Waals surface area contributed by atoms with Crippen molar-refractivity contribution in [3.63, 3.8) is 0 Å². The molecular weight excluding hydrogens is 166 g/mol. The number of hydrogen-bond acceptors (Lipinski definition) is 2. The zero-order valence-corrected chi connectivity index (χ0v) is 8.18. The molecule has 0 aromatic carbocycles. The van der Waals surface area contributed by atoms with Gasteiger partial charge in [0.25, 0.3) is 0 Å². The normalized spacial score (nSPS) is 20.2. The first-order chi connectivity index (χ1) is 6.27. The Labute approximate surface area is 78.8 Å². The fraction of sp³-hybridized carbons (Fsp3) is 0.667. The number of rotatable bonds is 2. The molecule has 0 radical (unpaired) electrons. The number of nitrogens with one attached hydrogen (secondary N) is 1. The Balaban J connectivity index is 2.51.